The molecule has 0 radical (unpaired) electrons. The molecule has 0 aromatic carbocycles. The fourth-order valence-corrected chi connectivity index (χ4v) is 4.91. The summed E-state index contributed by atoms with van der Waals surface area (Å²) in [7, 11) is 0. The zero-order chi connectivity index (χ0) is 17.6. The summed E-state index contributed by atoms with van der Waals surface area (Å²) in [5, 5.41) is 0. The molecule has 3 rings (SSSR count). The number of hydrogen-bond acceptors (Lipinski definition) is 4. The van der Waals surface area contributed by atoms with Crippen molar-refractivity contribution in [2.24, 2.45) is 11.8 Å². The zero-order valence-electron chi connectivity index (χ0n) is 15.6. The van der Waals surface area contributed by atoms with E-state index in [1.54, 1.807) is 0 Å². The van der Waals surface area contributed by atoms with Crippen molar-refractivity contribution in [3.05, 3.63) is 0 Å². The van der Waals surface area contributed by atoms with Crippen LogP contribution in [0.25, 0.3) is 0 Å². The van der Waals surface area contributed by atoms with Gasteiger partial charge in [-0.1, -0.05) is 39.0 Å². The van der Waals surface area contributed by atoms with Crippen LogP contribution in [0.5, 0.6) is 0 Å². The summed E-state index contributed by atoms with van der Waals surface area (Å²) in [6.07, 6.45) is 11.7. The third-order valence-electron chi connectivity index (χ3n) is 6.40. The second-order valence-electron chi connectivity index (χ2n) is 8.10. The molecular weight excluding hydrogens is 318 g/mol. The van der Waals surface area contributed by atoms with E-state index in [1.807, 2.05) is 4.90 Å². The molecule has 3 atom stereocenters. The van der Waals surface area contributed by atoms with E-state index in [4.69, 9.17) is 9.47 Å². The first-order valence-corrected chi connectivity index (χ1v) is 10.2. The van der Waals surface area contributed by atoms with Gasteiger partial charge in [0.25, 0.3) is 5.91 Å². The van der Waals surface area contributed by atoms with E-state index in [-0.39, 0.29) is 25.2 Å². The smallest absolute Gasteiger partial charge is 0.332 e. The number of fused-ring (bicyclic) bond motifs is 1. The van der Waals surface area contributed by atoms with Crippen molar-refractivity contribution in [1.29, 1.82) is 0 Å². The van der Waals surface area contributed by atoms with Gasteiger partial charge < -0.3 is 14.4 Å². The summed E-state index contributed by atoms with van der Waals surface area (Å²) in [5.74, 6) is 0.872. The molecular formula is C20H33NO4. The molecule has 5 nitrogen and oxygen atoms in total. The van der Waals surface area contributed by atoms with Crippen LogP contribution >= 0.6 is 0 Å². The molecule has 1 amide bonds. The molecule has 0 N–H and O–H groups in total. The Hall–Kier alpha value is -1.10. The molecule has 0 bridgehead atoms. The molecule has 1 saturated heterocycles. The molecule has 25 heavy (non-hydrogen) atoms. The number of amides is 1. The van der Waals surface area contributed by atoms with Gasteiger partial charge in [-0.3, -0.25) is 4.79 Å². The average Bonchev–Trinajstić information content (AvgIpc) is 2.66. The van der Waals surface area contributed by atoms with Crippen molar-refractivity contribution in [3.63, 3.8) is 0 Å². The Morgan fingerprint density at radius 3 is 2.44 bits per heavy atom. The number of rotatable bonds is 5. The van der Waals surface area contributed by atoms with Gasteiger partial charge in [0.05, 0.1) is 6.10 Å². The van der Waals surface area contributed by atoms with Crippen LogP contribution in [0.4, 0.5) is 0 Å². The van der Waals surface area contributed by atoms with Crippen molar-refractivity contribution in [2.45, 2.75) is 83.3 Å². The Labute approximate surface area is 151 Å². The van der Waals surface area contributed by atoms with Crippen LogP contribution in [-0.4, -0.2) is 48.7 Å². The topological polar surface area (TPSA) is 55.8 Å². The highest BCUT2D eigenvalue weighted by molar-refractivity contribution is 5.81. The van der Waals surface area contributed by atoms with E-state index in [2.05, 4.69) is 6.92 Å². The van der Waals surface area contributed by atoms with Crippen LogP contribution in [0, 0.1) is 11.8 Å². The van der Waals surface area contributed by atoms with Crippen LogP contribution in [0.3, 0.4) is 0 Å². The van der Waals surface area contributed by atoms with Gasteiger partial charge in [-0.15, -0.1) is 0 Å². The maximum Gasteiger partial charge on any atom is 0.332 e. The quantitative estimate of drug-likeness (QED) is 0.713. The molecule has 142 valence electrons. The second kappa shape index (κ2) is 9.02. The first-order valence-electron chi connectivity index (χ1n) is 10.2. The summed E-state index contributed by atoms with van der Waals surface area (Å²) < 4.78 is 10.8. The Bertz CT molecular complexity index is 461. The predicted octanol–water partition coefficient (Wildman–Crippen LogP) is 3.31. The summed E-state index contributed by atoms with van der Waals surface area (Å²) >= 11 is 0. The number of esters is 1. The van der Waals surface area contributed by atoms with E-state index in [0.29, 0.717) is 17.9 Å². The Morgan fingerprint density at radius 2 is 1.64 bits per heavy atom. The fourth-order valence-electron chi connectivity index (χ4n) is 4.91. The van der Waals surface area contributed by atoms with Gasteiger partial charge in [-0.25, -0.2) is 4.79 Å². The first kappa shape index (κ1) is 18.7. The Balaban J connectivity index is 1.41. The fraction of sp³-hybridized carbons (Fsp3) is 0.900. The molecule has 2 aliphatic carbocycles. The highest BCUT2D eigenvalue weighted by Crippen LogP contribution is 2.38. The SMILES string of the molecule is C[C@@H]1CCN(C(=O)COC(=O)COC2CCCCC2)[C@H]2CCCC[C@@H]12. The van der Waals surface area contributed by atoms with Gasteiger partial charge in [-0.2, -0.15) is 0 Å². The molecule has 0 unspecified atom stereocenters. The molecule has 0 aromatic heterocycles. The second-order valence-corrected chi connectivity index (χ2v) is 8.10. The lowest BCUT2D eigenvalue weighted by Crippen LogP contribution is -2.53. The maximum atomic E-state index is 12.6. The van der Waals surface area contributed by atoms with E-state index in [0.717, 1.165) is 32.2 Å². The van der Waals surface area contributed by atoms with Crippen LogP contribution < -0.4 is 0 Å². The largest absolute Gasteiger partial charge is 0.454 e. The first-order chi connectivity index (χ1) is 12.1. The standard InChI is InChI=1S/C20H33NO4/c1-15-11-12-21(18-10-6-5-9-17(15)18)19(22)13-25-20(23)14-24-16-7-3-2-4-8-16/h15-18H,2-14H2,1H3/t15-,17+,18+/m1/s1. The monoisotopic (exact) mass is 351 g/mol. The van der Waals surface area contributed by atoms with E-state index in [1.165, 1.54) is 38.5 Å². The van der Waals surface area contributed by atoms with E-state index >= 15 is 0 Å². The van der Waals surface area contributed by atoms with Crippen LogP contribution in [0.1, 0.15) is 71.1 Å². The molecule has 2 saturated carbocycles. The zero-order valence-corrected chi connectivity index (χ0v) is 15.6. The van der Waals surface area contributed by atoms with Crippen molar-refractivity contribution in [1.82, 2.24) is 4.90 Å². The summed E-state index contributed by atoms with van der Waals surface area (Å²) in [5.41, 5.74) is 0. The minimum atomic E-state index is -0.413. The highest BCUT2D eigenvalue weighted by Gasteiger charge is 2.39. The summed E-state index contributed by atoms with van der Waals surface area (Å²) in [6.45, 7) is 2.95. The number of ether oxygens (including phenoxy) is 2. The third kappa shape index (κ3) is 4.96. The summed E-state index contributed by atoms with van der Waals surface area (Å²) in [4.78, 5) is 26.5. The number of carbonyl (C=O) groups excluding carboxylic acids is 2. The van der Waals surface area contributed by atoms with Crippen molar-refractivity contribution in [3.8, 4) is 0 Å². The van der Waals surface area contributed by atoms with E-state index < -0.39 is 5.97 Å². The minimum Gasteiger partial charge on any atom is -0.454 e. The lowest BCUT2D eigenvalue weighted by Gasteiger charge is -2.47. The van der Waals surface area contributed by atoms with Crippen LogP contribution in [0.15, 0.2) is 0 Å². The van der Waals surface area contributed by atoms with Gasteiger partial charge >= 0.3 is 5.97 Å². The summed E-state index contributed by atoms with van der Waals surface area (Å²) in [6, 6.07) is 0.349. The van der Waals surface area contributed by atoms with Crippen LogP contribution in [0.2, 0.25) is 0 Å². The predicted molar refractivity (Wildman–Crippen MR) is 95.0 cm³/mol. The number of carbonyl (C=O) groups is 2. The Morgan fingerprint density at radius 1 is 0.920 bits per heavy atom. The number of piperidine rings is 1. The minimum absolute atomic E-state index is 0.0268. The molecule has 3 aliphatic rings. The number of hydrogen-bond donors (Lipinski definition) is 0. The molecule has 0 spiro atoms. The highest BCUT2D eigenvalue weighted by atomic mass is 16.6. The van der Waals surface area contributed by atoms with Crippen molar-refractivity contribution < 1.29 is 19.1 Å². The van der Waals surface area contributed by atoms with Gasteiger partial charge in [0, 0.05) is 12.6 Å². The molecule has 5 heteroatoms. The molecule has 1 heterocycles. The third-order valence-corrected chi connectivity index (χ3v) is 6.40. The van der Waals surface area contributed by atoms with Gasteiger partial charge in [-0.05, 0) is 43.9 Å². The molecule has 0 aromatic rings. The van der Waals surface area contributed by atoms with Crippen molar-refractivity contribution in [2.75, 3.05) is 19.8 Å². The average molecular weight is 351 g/mol. The van der Waals surface area contributed by atoms with Gasteiger partial charge in [0.1, 0.15) is 6.61 Å². The Kier molecular flexibility index (Phi) is 6.74. The molecule has 3 fully saturated rings. The van der Waals surface area contributed by atoms with Crippen LogP contribution in [-0.2, 0) is 19.1 Å². The lowest BCUT2D eigenvalue weighted by atomic mass is 9.72. The van der Waals surface area contributed by atoms with Gasteiger partial charge in [0.15, 0.2) is 6.61 Å². The number of likely N-dealkylation sites (tertiary alicyclic amines) is 1. The maximum absolute atomic E-state index is 12.6. The lowest BCUT2D eigenvalue weighted by molar-refractivity contribution is -0.160. The normalized spacial score (nSPS) is 30.6. The number of nitrogens with zero attached hydrogens (tertiary/aromatic N) is 1. The van der Waals surface area contributed by atoms with E-state index in [9.17, 15) is 9.59 Å². The molecule has 1 aliphatic heterocycles. The van der Waals surface area contributed by atoms with Crippen molar-refractivity contribution >= 4 is 11.9 Å². The van der Waals surface area contributed by atoms with Gasteiger partial charge in [0.2, 0.25) is 0 Å².